The lowest BCUT2D eigenvalue weighted by atomic mass is 9.84. The van der Waals surface area contributed by atoms with E-state index >= 15 is 0 Å². The number of nitrogens with one attached hydrogen (secondary N) is 1. The van der Waals surface area contributed by atoms with E-state index in [-0.39, 0.29) is 25.9 Å². The quantitative estimate of drug-likeness (QED) is 0.183. The zero-order valence-corrected chi connectivity index (χ0v) is 15.8. The number of hydrogen-bond donors (Lipinski definition) is 10. The molecule has 1 aliphatic carbocycles. The van der Waals surface area contributed by atoms with Gasteiger partial charge in [-0.3, -0.25) is 4.79 Å². The van der Waals surface area contributed by atoms with E-state index in [9.17, 15) is 35.4 Å². The number of rotatable bonds is 7. The first-order valence-electron chi connectivity index (χ1n) is 9.47. The molecule has 0 aromatic carbocycles. The number of aliphatic hydroxyl groups excluding tert-OH is 6. The van der Waals surface area contributed by atoms with Gasteiger partial charge in [-0.05, 0) is 19.4 Å². The summed E-state index contributed by atoms with van der Waals surface area (Å²) in [6.07, 6.45) is -12.8. The highest BCUT2D eigenvalue weighted by molar-refractivity contribution is 5.80. The molecular weight excluding hydrogens is 392 g/mol. The van der Waals surface area contributed by atoms with Crippen molar-refractivity contribution in [1.82, 2.24) is 5.32 Å². The molecule has 2 aliphatic rings. The molecule has 1 amide bonds. The first-order valence-corrected chi connectivity index (χ1v) is 9.47. The monoisotopic (exact) mass is 424 g/mol. The topological polar surface area (TPSA) is 247 Å². The Morgan fingerprint density at radius 2 is 1.72 bits per heavy atom. The highest BCUT2D eigenvalue weighted by atomic mass is 16.7. The highest BCUT2D eigenvalue weighted by Gasteiger charge is 2.49. The molecule has 13 nitrogen and oxygen atoms in total. The van der Waals surface area contributed by atoms with Crippen molar-refractivity contribution in [2.24, 2.45) is 17.2 Å². The van der Waals surface area contributed by atoms with Crippen LogP contribution in [0.15, 0.2) is 0 Å². The van der Waals surface area contributed by atoms with E-state index in [1.807, 2.05) is 0 Å². The molecule has 13 N–H and O–H groups in total. The lowest BCUT2D eigenvalue weighted by Gasteiger charge is -2.46. The standard InChI is InChI=1S/C16H32N4O9/c17-2-1-7(21)15(27)20-6-3-5(19)14(12(25)9(6)22)29-16-13(26)11(24)10(23)8(4-18)28-16/h5-14,16,21-26H,1-4,17-19H2,(H,20,27)/t5-,6+,7-,8+,9-,10+,11-,12+,13+,14+,16+/m0/s1. The summed E-state index contributed by atoms with van der Waals surface area (Å²) in [4.78, 5) is 11.9. The largest absolute Gasteiger partial charge is 0.388 e. The van der Waals surface area contributed by atoms with Gasteiger partial charge in [0, 0.05) is 12.6 Å². The summed E-state index contributed by atoms with van der Waals surface area (Å²) in [5.74, 6) is -0.757. The fourth-order valence-electron chi connectivity index (χ4n) is 3.52. The Bertz CT molecular complexity index is 543. The van der Waals surface area contributed by atoms with Crippen LogP contribution in [0.3, 0.4) is 0 Å². The summed E-state index contributed by atoms with van der Waals surface area (Å²) >= 11 is 0. The Hall–Kier alpha value is -0.970. The summed E-state index contributed by atoms with van der Waals surface area (Å²) in [7, 11) is 0. The van der Waals surface area contributed by atoms with Gasteiger partial charge in [0.25, 0.3) is 0 Å². The lowest BCUT2D eigenvalue weighted by Crippen LogP contribution is -2.67. The average Bonchev–Trinajstić information content (AvgIpc) is 2.69. The van der Waals surface area contributed by atoms with E-state index in [1.165, 1.54) is 0 Å². The number of ether oxygens (including phenoxy) is 2. The highest BCUT2D eigenvalue weighted by Crippen LogP contribution is 2.28. The number of nitrogens with two attached hydrogens (primary N) is 3. The van der Waals surface area contributed by atoms with Crippen molar-refractivity contribution in [3.63, 3.8) is 0 Å². The van der Waals surface area contributed by atoms with Crippen LogP contribution in [0.25, 0.3) is 0 Å². The van der Waals surface area contributed by atoms with Gasteiger partial charge in [0.1, 0.15) is 48.8 Å². The van der Waals surface area contributed by atoms with Crippen LogP contribution in [0.1, 0.15) is 12.8 Å². The maximum absolute atomic E-state index is 11.9. The Kier molecular flexibility index (Phi) is 8.69. The summed E-state index contributed by atoms with van der Waals surface area (Å²) in [6, 6.07) is -1.86. The Balaban J connectivity index is 2.02. The van der Waals surface area contributed by atoms with E-state index in [2.05, 4.69) is 5.32 Å². The van der Waals surface area contributed by atoms with Crippen molar-refractivity contribution in [3.05, 3.63) is 0 Å². The van der Waals surface area contributed by atoms with Crippen molar-refractivity contribution in [2.75, 3.05) is 13.1 Å². The second-order valence-electron chi connectivity index (χ2n) is 7.44. The minimum absolute atomic E-state index is 0.0156. The van der Waals surface area contributed by atoms with Gasteiger partial charge in [-0.2, -0.15) is 0 Å². The van der Waals surface area contributed by atoms with Crippen LogP contribution in [0.5, 0.6) is 0 Å². The van der Waals surface area contributed by atoms with Crippen molar-refractivity contribution in [3.8, 4) is 0 Å². The maximum atomic E-state index is 11.9. The van der Waals surface area contributed by atoms with E-state index < -0.39 is 73.1 Å². The SMILES string of the molecule is NCC[C@H](O)C(=O)N[C@@H]1C[C@H](N)[C@@H](O[C@H]2O[C@H](CN)[C@@H](O)[C@H](O)[C@H]2O)[C@H](O)[C@H]1O. The molecule has 1 heterocycles. The predicted octanol–water partition coefficient (Wildman–Crippen LogP) is -6.21. The summed E-state index contributed by atoms with van der Waals surface area (Å²) in [6.45, 7) is -0.0696. The van der Waals surface area contributed by atoms with E-state index in [0.29, 0.717) is 0 Å². The minimum atomic E-state index is -1.65. The Labute approximate surface area is 167 Å². The minimum Gasteiger partial charge on any atom is -0.388 e. The number of hydrogen-bond acceptors (Lipinski definition) is 12. The molecule has 1 saturated heterocycles. The van der Waals surface area contributed by atoms with Crippen LogP contribution in [0, 0.1) is 0 Å². The Morgan fingerprint density at radius 3 is 2.31 bits per heavy atom. The van der Waals surface area contributed by atoms with Crippen molar-refractivity contribution < 1.29 is 44.9 Å². The number of aliphatic hydroxyl groups is 6. The van der Waals surface area contributed by atoms with Gasteiger partial charge in [-0.15, -0.1) is 0 Å². The smallest absolute Gasteiger partial charge is 0.249 e. The third-order valence-electron chi connectivity index (χ3n) is 5.31. The number of amides is 1. The molecule has 0 radical (unpaired) electrons. The number of carbonyl (C=O) groups is 1. The van der Waals surface area contributed by atoms with Gasteiger partial charge in [0.05, 0.1) is 6.04 Å². The van der Waals surface area contributed by atoms with Crippen molar-refractivity contribution in [1.29, 1.82) is 0 Å². The maximum Gasteiger partial charge on any atom is 0.249 e. The molecule has 1 saturated carbocycles. The summed E-state index contributed by atoms with van der Waals surface area (Å²) in [5, 5.41) is 62.7. The van der Waals surface area contributed by atoms with Gasteiger partial charge in [0.15, 0.2) is 6.29 Å². The lowest BCUT2D eigenvalue weighted by molar-refractivity contribution is -0.318. The molecule has 0 bridgehead atoms. The third kappa shape index (κ3) is 5.39. The first kappa shape index (κ1) is 24.3. The zero-order valence-electron chi connectivity index (χ0n) is 15.8. The molecule has 13 heteroatoms. The predicted molar refractivity (Wildman–Crippen MR) is 96.8 cm³/mol. The van der Waals surface area contributed by atoms with Crippen LogP contribution in [0.4, 0.5) is 0 Å². The fourth-order valence-corrected chi connectivity index (χ4v) is 3.52. The molecule has 0 aromatic rings. The van der Waals surface area contributed by atoms with Crippen LogP contribution < -0.4 is 22.5 Å². The molecule has 170 valence electrons. The van der Waals surface area contributed by atoms with Crippen LogP contribution >= 0.6 is 0 Å². The van der Waals surface area contributed by atoms with Gasteiger partial charge in [0.2, 0.25) is 5.91 Å². The molecule has 0 spiro atoms. The fraction of sp³-hybridized carbons (Fsp3) is 0.938. The molecule has 0 unspecified atom stereocenters. The van der Waals surface area contributed by atoms with E-state index in [4.69, 9.17) is 26.7 Å². The third-order valence-corrected chi connectivity index (χ3v) is 5.31. The zero-order chi connectivity index (χ0) is 21.9. The van der Waals surface area contributed by atoms with Gasteiger partial charge < -0.3 is 62.6 Å². The van der Waals surface area contributed by atoms with Crippen LogP contribution in [0.2, 0.25) is 0 Å². The van der Waals surface area contributed by atoms with Crippen molar-refractivity contribution >= 4 is 5.91 Å². The van der Waals surface area contributed by atoms with Crippen LogP contribution in [-0.4, -0.2) is 117 Å². The second-order valence-corrected chi connectivity index (χ2v) is 7.44. The van der Waals surface area contributed by atoms with Gasteiger partial charge in [-0.25, -0.2) is 0 Å². The molecule has 1 aliphatic heterocycles. The molecule has 2 fully saturated rings. The molecule has 11 atom stereocenters. The van der Waals surface area contributed by atoms with Gasteiger partial charge in [-0.1, -0.05) is 0 Å². The van der Waals surface area contributed by atoms with E-state index in [1.54, 1.807) is 0 Å². The van der Waals surface area contributed by atoms with E-state index in [0.717, 1.165) is 0 Å². The molecule has 2 rings (SSSR count). The number of carbonyl (C=O) groups excluding carboxylic acids is 1. The summed E-state index contributed by atoms with van der Waals surface area (Å²) < 4.78 is 10.9. The van der Waals surface area contributed by atoms with Gasteiger partial charge >= 0.3 is 0 Å². The molecule has 29 heavy (non-hydrogen) atoms. The second kappa shape index (κ2) is 10.4. The van der Waals surface area contributed by atoms with Crippen molar-refractivity contribution in [2.45, 2.75) is 80.0 Å². The molecule has 0 aromatic heterocycles. The first-order chi connectivity index (χ1) is 13.6. The van der Waals surface area contributed by atoms with Crippen LogP contribution in [-0.2, 0) is 14.3 Å². The average molecular weight is 424 g/mol. The summed E-state index contributed by atoms with van der Waals surface area (Å²) in [5.41, 5.74) is 16.8. The Morgan fingerprint density at radius 1 is 1.07 bits per heavy atom. The normalized spacial score (nSPS) is 44.3. The molecular formula is C16H32N4O9.